The summed E-state index contributed by atoms with van der Waals surface area (Å²) < 4.78 is 132. The third-order valence-electron chi connectivity index (χ3n) is 10.7. The van der Waals surface area contributed by atoms with Crippen molar-refractivity contribution < 1.29 is 43.9 Å². The zero-order chi connectivity index (χ0) is 41.8. The van der Waals surface area contributed by atoms with E-state index < -0.39 is 81.0 Å². The Kier molecular flexibility index (Phi) is 9.20. The second-order valence-corrected chi connectivity index (χ2v) is 17.7. The van der Waals surface area contributed by atoms with Crippen LogP contribution in [0.4, 0.5) is 41.7 Å². The molecular weight excluding hydrogens is 830 g/mol. The predicted octanol–water partition coefficient (Wildman–Crippen LogP) is 5.83. The molecule has 1 aliphatic heterocycles. The standard InChI is InChI=1S/C37H33F7N10O3S2/c1-52-30-20(4-3-5-21(30)33(50-52)51-59(2,56)57)22-15-26-34(48-35(58-26)53-8-6-45-7-9-53)47-29(22)25(12-17-10-18(38)13-19(39)11-17)46-27(55)16-54-32-28(31(49-54)37(42,43)44)23-14-24(23)36(32,40)41/h3-5,10-11,13,15,23-25,45H,6-9,12,14,16H2,1-2H3,(H,46,55)(H,50,51)/t23-,24+,25-/m0/s1. The Hall–Kier alpha value is -5.35. The second kappa shape index (κ2) is 13.9. The van der Waals surface area contributed by atoms with Crippen molar-refractivity contribution in [3.05, 3.63) is 82.3 Å². The van der Waals surface area contributed by atoms with Crippen LogP contribution in [0.1, 0.15) is 46.6 Å². The molecule has 310 valence electrons. The molecule has 0 spiro atoms. The summed E-state index contributed by atoms with van der Waals surface area (Å²) in [5.74, 6) is -8.87. The fraction of sp³-hybridized carbons (Fsp3) is 0.378. The number of fused-ring (bicyclic) bond motifs is 5. The number of hydrogen-bond donors (Lipinski definition) is 3. The Bertz CT molecular complexity index is 2780. The number of hydrogen-bond acceptors (Lipinski definition) is 10. The fourth-order valence-electron chi connectivity index (χ4n) is 8.29. The van der Waals surface area contributed by atoms with Crippen molar-refractivity contribution in [2.45, 2.75) is 43.4 Å². The highest BCUT2D eigenvalue weighted by Crippen LogP contribution is 2.68. The highest BCUT2D eigenvalue weighted by molar-refractivity contribution is 7.92. The number of pyridine rings is 1. The van der Waals surface area contributed by atoms with Crippen LogP contribution in [-0.2, 0) is 46.9 Å². The molecule has 59 heavy (non-hydrogen) atoms. The van der Waals surface area contributed by atoms with Gasteiger partial charge in [0, 0.05) is 67.3 Å². The minimum Gasteiger partial charge on any atom is -0.346 e. The Balaban J connectivity index is 1.20. The van der Waals surface area contributed by atoms with Gasteiger partial charge in [-0.2, -0.15) is 37.1 Å². The predicted molar refractivity (Wildman–Crippen MR) is 204 cm³/mol. The largest absolute Gasteiger partial charge is 0.435 e. The summed E-state index contributed by atoms with van der Waals surface area (Å²) in [5.41, 5.74) is -1.39. The first-order valence-electron chi connectivity index (χ1n) is 18.4. The molecule has 1 saturated heterocycles. The number of piperazine rings is 1. The molecule has 4 aromatic heterocycles. The normalized spacial score (nSPS) is 19.2. The van der Waals surface area contributed by atoms with Gasteiger partial charge in [-0.05, 0) is 48.6 Å². The van der Waals surface area contributed by atoms with Crippen LogP contribution in [0.5, 0.6) is 0 Å². The molecule has 1 saturated carbocycles. The molecule has 2 fully saturated rings. The summed E-state index contributed by atoms with van der Waals surface area (Å²) in [6.45, 7) is 1.69. The van der Waals surface area contributed by atoms with Gasteiger partial charge in [0.25, 0.3) is 5.92 Å². The third-order valence-corrected chi connectivity index (χ3v) is 12.4. The first-order chi connectivity index (χ1) is 27.9. The Morgan fingerprint density at radius 1 is 1.05 bits per heavy atom. The minimum absolute atomic E-state index is 0.0285. The monoisotopic (exact) mass is 862 g/mol. The number of aryl methyl sites for hydroxylation is 1. The lowest BCUT2D eigenvalue weighted by atomic mass is 9.94. The maximum Gasteiger partial charge on any atom is 0.435 e. The molecule has 3 N–H and O–H groups in total. The number of benzene rings is 2. The average Bonchev–Trinajstić information content (AvgIpc) is 3.42. The van der Waals surface area contributed by atoms with Crippen molar-refractivity contribution in [3.8, 4) is 11.1 Å². The van der Waals surface area contributed by atoms with E-state index >= 15 is 8.78 Å². The van der Waals surface area contributed by atoms with Crippen LogP contribution in [0.2, 0.25) is 0 Å². The van der Waals surface area contributed by atoms with E-state index in [9.17, 15) is 35.2 Å². The lowest BCUT2D eigenvalue weighted by Gasteiger charge is -2.26. The van der Waals surface area contributed by atoms with Gasteiger partial charge in [0.05, 0.1) is 28.2 Å². The fourth-order valence-corrected chi connectivity index (χ4v) is 9.80. The number of sulfonamides is 1. The molecule has 2 aromatic carbocycles. The van der Waals surface area contributed by atoms with Gasteiger partial charge in [0.15, 0.2) is 22.3 Å². The zero-order valence-corrected chi connectivity index (χ0v) is 32.7. The molecule has 1 amide bonds. The van der Waals surface area contributed by atoms with Gasteiger partial charge in [0.2, 0.25) is 15.9 Å². The van der Waals surface area contributed by atoms with Gasteiger partial charge in [-0.1, -0.05) is 23.5 Å². The smallest absolute Gasteiger partial charge is 0.346 e. The van der Waals surface area contributed by atoms with Crippen molar-refractivity contribution in [2.24, 2.45) is 13.0 Å². The topological polar surface area (TPSA) is 152 Å². The molecule has 0 unspecified atom stereocenters. The molecule has 9 rings (SSSR count). The van der Waals surface area contributed by atoms with Crippen LogP contribution in [0.3, 0.4) is 0 Å². The quantitative estimate of drug-likeness (QED) is 0.145. The van der Waals surface area contributed by atoms with Crippen molar-refractivity contribution in [2.75, 3.05) is 42.1 Å². The number of amides is 1. The molecule has 6 aromatic rings. The first kappa shape index (κ1) is 39.1. The summed E-state index contributed by atoms with van der Waals surface area (Å²) in [5, 5.41) is 14.9. The third kappa shape index (κ3) is 7.13. The number of anilines is 2. The number of nitrogens with one attached hydrogen (secondary N) is 3. The van der Waals surface area contributed by atoms with Crippen LogP contribution in [0, 0.1) is 17.6 Å². The van der Waals surface area contributed by atoms with Gasteiger partial charge in [-0.3, -0.25) is 18.9 Å². The minimum atomic E-state index is -5.06. The molecule has 22 heteroatoms. The van der Waals surface area contributed by atoms with Gasteiger partial charge in [0.1, 0.15) is 23.9 Å². The number of rotatable bonds is 10. The molecule has 0 radical (unpaired) electrons. The molecule has 3 atom stereocenters. The second-order valence-electron chi connectivity index (χ2n) is 15.0. The van der Waals surface area contributed by atoms with E-state index in [0.717, 1.165) is 18.4 Å². The highest BCUT2D eigenvalue weighted by Gasteiger charge is 2.68. The van der Waals surface area contributed by atoms with E-state index in [-0.39, 0.29) is 35.6 Å². The zero-order valence-electron chi connectivity index (χ0n) is 31.0. The maximum atomic E-state index is 15.5. The molecule has 3 aliphatic rings. The van der Waals surface area contributed by atoms with Crippen LogP contribution in [0.25, 0.3) is 32.4 Å². The van der Waals surface area contributed by atoms with Crippen LogP contribution >= 0.6 is 11.3 Å². The van der Waals surface area contributed by atoms with Gasteiger partial charge in [-0.15, -0.1) is 0 Å². The number of aromatic nitrogens is 6. The Labute approximate surface area is 334 Å². The lowest BCUT2D eigenvalue weighted by molar-refractivity contribution is -0.142. The van der Waals surface area contributed by atoms with Crippen LogP contribution in [0.15, 0.2) is 42.5 Å². The number of carbonyl (C=O) groups excluding carboxylic acids is 1. The van der Waals surface area contributed by atoms with Gasteiger partial charge in [-0.25, -0.2) is 22.2 Å². The van der Waals surface area contributed by atoms with Crippen LogP contribution in [-0.4, -0.2) is 76.3 Å². The Morgan fingerprint density at radius 3 is 2.47 bits per heavy atom. The lowest BCUT2D eigenvalue weighted by Crippen LogP contribution is -2.43. The summed E-state index contributed by atoms with van der Waals surface area (Å²) in [4.78, 5) is 25.8. The van der Waals surface area contributed by atoms with Gasteiger partial charge < -0.3 is 15.5 Å². The average molecular weight is 863 g/mol. The first-order valence-corrected chi connectivity index (χ1v) is 21.1. The van der Waals surface area contributed by atoms with Crippen molar-refractivity contribution in [3.63, 3.8) is 0 Å². The number of carbonyl (C=O) groups is 1. The SMILES string of the molecule is Cn1nc(NS(C)(=O)=O)c2cccc(-c3cc4sc(N5CCNCC5)nc4nc3[C@H](Cc3cc(F)cc(F)c3)NC(=O)Cn3nc(C(F)(F)F)c4c3C(F)(F)[C@@H]3C[C@H]43)c21. The van der Waals surface area contributed by atoms with Crippen molar-refractivity contribution in [1.82, 2.24) is 40.2 Å². The number of halogens is 7. The van der Waals surface area contributed by atoms with E-state index in [1.54, 1.807) is 31.3 Å². The van der Waals surface area contributed by atoms with E-state index in [0.29, 0.717) is 68.8 Å². The maximum absolute atomic E-state index is 15.5. The van der Waals surface area contributed by atoms with E-state index in [1.807, 2.05) is 0 Å². The van der Waals surface area contributed by atoms with E-state index in [4.69, 9.17) is 9.97 Å². The summed E-state index contributed by atoms with van der Waals surface area (Å²) in [7, 11) is -2.18. The highest BCUT2D eigenvalue weighted by atomic mass is 32.2. The van der Waals surface area contributed by atoms with Crippen molar-refractivity contribution in [1.29, 1.82) is 0 Å². The van der Waals surface area contributed by atoms with Crippen molar-refractivity contribution >= 4 is 59.5 Å². The van der Waals surface area contributed by atoms with Crippen LogP contribution < -0.4 is 20.3 Å². The molecule has 2 aliphatic carbocycles. The summed E-state index contributed by atoms with van der Waals surface area (Å²) >= 11 is 1.35. The molecule has 5 heterocycles. The number of nitrogens with zero attached hydrogens (tertiary/aromatic N) is 7. The number of thiazole rings is 1. The summed E-state index contributed by atoms with van der Waals surface area (Å²) in [6.07, 6.45) is -4.54. The summed E-state index contributed by atoms with van der Waals surface area (Å²) in [6, 6.07) is 8.21. The Morgan fingerprint density at radius 2 is 1.78 bits per heavy atom. The number of alkyl halides is 5. The van der Waals surface area contributed by atoms with E-state index in [2.05, 4.69) is 30.5 Å². The van der Waals surface area contributed by atoms with E-state index in [1.165, 1.54) is 16.0 Å². The molecular formula is C37H33F7N10O3S2. The number of para-hydroxylation sites is 1. The molecule has 0 bridgehead atoms. The van der Waals surface area contributed by atoms with Gasteiger partial charge >= 0.3 is 6.18 Å². The molecule has 13 nitrogen and oxygen atoms in total.